The maximum absolute atomic E-state index is 8.05. The molecule has 1 heteroatoms. The van der Waals surface area contributed by atoms with Gasteiger partial charge in [-0.05, 0) is 37.3 Å². The molecule has 0 bridgehead atoms. The Morgan fingerprint density at radius 2 is 2.00 bits per heavy atom. The minimum atomic E-state index is 0.476. The van der Waals surface area contributed by atoms with E-state index in [4.69, 9.17) is 5.41 Å². The van der Waals surface area contributed by atoms with Gasteiger partial charge >= 0.3 is 0 Å². The molecule has 104 valence electrons. The molecule has 0 aromatic heterocycles. The van der Waals surface area contributed by atoms with E-state index in [1.165, 1.54) is 12.8 Å². The summed E-state index contributed by atoms with van der Waals surface area (Å²) in [7, 11) is 0. The van der Waals surface area contributed by atoms with Crippen LogP contribution in [0.25, 0.3) is 0 Å². The molecule has 0 heterocycles. The van der Waals surface area contributed by atoms with Crippen LogP contribution < -0.4 is 0 Å². The molecule has 1 nitrogen and oxygen atoms in total. The van der Waals surface area contributed by atoms with Crippen LogP contribution in [0, 0.1) is 23.2 Å². The molecule has 0 unspecified atom stereocenters. The highest BCUT2D eigenvalue weighted by atomic mass is 14.4. The fraction of sp³-hybridized carbons (Fsp3) is 0.500. The Hall–Kier alpha value is -1.55. The lowest BCUT2D eigenvalue weighted by Crippen LogP contribution is -2.04. The number of unbranched alkanes of at least 4 members (excludes halogenated alkanes) is 2. The molecule has 0 aliphatic heterocycles. The molecule has 1 N–H and O–H groups in total. The predicted molar refractivity (Wildman–Crippen MR) is 86.5 cm³/mol. The van der Waals surface area contributed by atoms with Gasteiger partial charge in [0, 0.05) is 11.3 Å². The van der Waals surface area contributed by atoms with Crippen molar-refractivity contribution < 1.29 is 0 Å². The van der Waals surface area contributed by atoms with E-state index in [9.17, 15) is 0 Å². The zero-order valence-electron chi connectivity index (χ0n) is 12.8. The van der Waals surface area contributed by atoms with Crippen molar-refractivity contribution in [1.29, 1.82) is 5.41 Å². The maximum atomic E-state index is 8.05. The monoisotopic (exact) mass is 257 g/mol. The van der Waals surface area contributed by atoms with Gasteiger partial charge in [-0.1, -0.05) is 64.2 Å². The zero-order chi connectivity index (χ0) is 14.7. The first kappa shape index (κ1) is 17.4. The average molecular weight is 257 g/mol. The van der Waals surface area contributed by atoms with Gasteiger partial charge in [0.1, 0.15) is 0 Å². The highest BCUT2D eigenvalue weighted by Gasteiger charge is 2.04. The Kier molecular flexibility index (Phi) is 9.53. The van der Waals surface area contributed by atoms with E-state index in [0.29, 0.717) is 11.6 Å². The number of allylic oxidation sites excluding steroid dienone is 5. The Labute approximate surface area is 119 Å². The third kappa shape index (κ3) is 9.08. The number of hydrogen-bond donors (Lipinski definition) is 1. The predicted octanol–water partition coefficient (Wildman–Crippen LogP) is 5.30. The Balaban J connectivity index is 4.78. The van der Waals surface area contributed by atoms with Gasteiger partial charge in [-0.2, -0.15) is 0 Å². The van der Waals surface area contributed by atoms with Crippen LogP contribution in [0.5, 0.6) is 0 Å². The molecule has 0 saturated heterocycles. The minimum Gasteiger partial charge on any atom is -0.304 e. The summed E-state index contributed by atoms with van der Waals surface area (Å²) in [4.78, 5) is 0. The van der Waals surface area contributed by atoms with E-state index >= 15 is 0 Å². The minimum absolute atomic E-state index is 0.476. The van der Waals surface area contributed by atoms with Crippen molar-refractivity contribution >= 4 is 5.71 Å². The lowest BCUT2D eigenvalue weighted by atomic mass is 10.00. The van der Waals surface area contributed by atoms with Crippen molar-refractivity contribution in [3.63, 3.8) is 0 Å². The Morgan fingerprint density at radius 3 is 2.53 bits per heavy atom. The first-order valence-electron chi connectivity index (χ1n) is 7.10. The van der Waals surface area contributed by atoms with Gasteiger partial charge in [-0.3, -0.25) is 0 Å². The number of rotatable bonds is 7. The summed E-state index contributed by atoms with van der Waals surface area (Å²) >= 11 is 0. The third-order valence-electron chi connectivity index (χ3n) is 2.62. The lowest BCUT2D eigenvalue weighted by molar-refractivity contribution is 0.682. The van der Waals surface area contributed by atoms with Crippen LogP contribution in [0.4, 0.5) is 0 Å². The Bertz CT molecular complexity index is 411. The van der Waals surface area contributed by atoms with Crippen LogP contribution in [0.2, 0.25) is 0 Å². The second-order valence-corrected chi connectivity index (χ2v) is 5.17. The van der Waals surface area contributed by atoms with E-state index in [0.717, 1.165) is 24.0 Å². The van der Waals surface area contributed by atoms with Gasteiger partial charge in [-0.15, -0.1) is 0 Å². The van der Waals surface area contributed by atoms with Crippen LogP contribution in [0.3, 0.4) is 0 Å². The summed E-state index contributed by atoms with van der Waals surface area (Å²) in [6.07, 6.45) is 9.96. The molecule has 19 heavy (non-hydrogen) atoms. The highest BCUT2D eigenvalue weighted by Crippen LogP contribution is 2.08. The summed E-state index contributed by atoms with van der Waals surface area (Å²) in [5.74, 6) is 6.71. The molecule has 0 aromatic carbocycles. The fourth-order valence-electron chi connectivity index (χ4n) is 1.59. The summed E-state index contributed by atoms with van der Waals surface area (Å²) < 4.78 is 0. The van der Waals surface area contributed by atoms with Crippen molar-refractivity contribution in [3.8, 4) is 11.8 Å². The second kappa shape index (κ2) is 10.4. The highest BCUT2D eigenvalue weighted by molar-refractivity contribution is 6.02. The van der Waals surface area contributed by atoms with Gasteiger partial charge in [0.2, 0.25) is 0 Å². The fourth-order valence-corrected chi connectivity index (χ4v) is 1.59. The van der Waals surface area contributed by atoms with Crippen LogP contribution >= 0.6 is 0 Å². The zero-order valence-corrected chi connectivity index (χ0v) is 12.8. The topological polar surface area (TPSA) is 23.9 Å². The molecule has 0 fully saturated rings. The van der Waals surface area contributed by atoms with Gasteiger partial charge < -0.3 is 5.41 Å². The standard InChI is InChI=1S/C18H27N/c1-6-8-9-11-16(5)12-13-17(10-7-2)18(19)14-15(3)4/h7,10-11,15,19H,2,6,8-9,14H2,1,3-5H3/b16-11?,17-10-,19-18?. The van der Waals surface area contributed by atoms with E-state index in [1.807, 2.05) is 13.0 Å². The van der Waals surface area contributed by atoms with Gasteiger partial charge in [0.25, 0.3) is 0 Å². The SMILES string of the molecule is C=C/C=C(/C#CC(C)=CCCCC)C(=N)CC(C)C. The van der Waals surface area contributed by atoms with Gasteiger partial charge in [0.15, 0.2) is 0 Å². The van der Waals surface area contributed by atoms with E-state index < -0.39 is 0 Å². The van der Waals surface area contributed by atoms with Crippen LogP contribution in [0.15, 0.2) is 36.0 Å². The molecule has 0 aromatic rings. The van der Waals surface area contributed by atoms with E-state index in [1.54, 1.807) is 6.08 Å². The molecule has 0 aliphatic carbocycles. The third-order valence-corrected chi connectivity index (χ3v) is 2.62. The summed E-state index contributed by atoms with van der Waals surface area (Å²) in [5, 5.41) is 8.05. The number of hydrogen-bond acceptors (Lipinski definition) is 1. The van der Waals surface area contributed by atoms with Crippen molar-refractivity contribution in [2.75, 3.05) is 0 Å². The van der Waals surface area contributed by atoms with Crippen molar-refractivity contribution in [1.82, 2.24) is 0 Å². The smallest absolute Gasteiger partial charge is 0.0472 e. The molecular weight excluding hydrogens is 230 g/mol. The van der Waals surface area contributed by atoms with Gasteiger partial charge in [-0.25, -0.2) is 0 Å². The van der Waals surface area contributed by atoms with Crippen molar-refractivity contribution in [3.05, 3.63) is 36.0 Å². The van der Waals surface area contributed by atoms with Gasteiger partial charge in [0.05, 0.1) is 0 Å². The molecular formula is C18H27N. The molecule has 0 radical (unpaired) electrons. The summed E-state index contributed by atoms with van der Waals surface area (Å²) in [5.41, 5.74) is 2.47. The van der Waals surface area contributed by atoms with Crippen LogP contribution in [-0.4, -0.2) is 5.71 Å². The quantitative estimate of drug-likeness (QED) is 0.277. The lowest BCUT2D eigenvalue weighted by Gasteiger charge is -2.05. The van der Waals surface area contributed by atoms with E-state index in [2.05, 4.69) is 45.3 Å². The molecule has 0 atom stereocenters. The first-order chi connectivity index (χ1) is 9.01. The molecule has 0 aliphatic rings. The molecule has 0 amide bonds. The molecule has 0 saturated carbocycles. The Morgan fingerprint density at radius 1 is 1.32 bits per heavy atom. The maximum Gasteiger partial charge on any atom is 0.0472 e. The summed E-state index contributed by atoms with van der Waals surface area (Å²) in [6.45, 7) is 12.1. The van der Waals surface area contributed by atoms with Crippen molar-refractivity contribution in [2.24, 2.45) is 5.92 Å². The average Bonchev–Trinajstić information content (AvgIpc) is 2.33. The normalized spacial score (nSPS) is 12.1. The largest absolute Gasteiger partial charge is 0.304 e. The molecule has 0 spiro atoms. The van der Waals surface area contributed by atoms with Crippen molar-refractivity contribution in [2.45, 2.75) is 53.4 Å². The molecule has 0 rings (SSSR count). The first-order valence-corrected chi connectivity index (χ1v) is 7.10. The second-order valence-electron chi connectivity index (χ2n) is 5.17. The summed E-state index contributed by atoms with van der Waals surface area (Å²) in [6, 6.07) is 0. The van der Waals surface area contributed by atoms with E-state index in [-0.39, 0.29) is 0 Å². The number of nitrogens with one attached hydrogen (secondary N) is 1. The van der Waals surface area contributed by atoms with Crippen LogP contribution in [-0.2, 0) is 0 Å². The van der Waals surface area contributed by atoms with Crippen LogP contribution in [0.1, 0.15) is 53.4 Å².